The van der Waals surface area contributed by atoms with E-state index in [1.54, 1.807) is 0 Å². The minimum atomic E-state index is -0.0396. The summed E-state index contributed by atoms with van der Waals surface area (Å²) in [5.41, 5.74) is 2.11. The van der Waals surface area contributed by atoms with Crippen LogP contribution in [0.4, 0.5) is 11.5 Å². The van der Waals surface area contributed by atoms with Gasteiger partial charge in [0.25, 0.3) is 0 Å². The van der Waals surface area contributed by atoms with Crippen molar-refractivity contribution >= 4 is 17.4 Å². The third kappa shape index (κ3) is 5.04. The maximum Gasteiger partial charge on any atom is 0.221 e. The molecular formula is C21H27N5O. The van der Waals surface area contributed by atoms with E-state index < -0.39 is 0 Å². The SMILES string of the molecule is CC(=O)Nc1ccc(CN2CCCC(Nc3ccnc(C4CC4)n3)C2)cc1. The molecular weight excluding hydrogens is 338 g/mol. The first-order valence-electron chi connectivity index (χ1n) is 9.84. The lowest BCUT2D eigenvalue weighted by Crippen LogP contribution is -2.41. The molecule has 6 heteroatoms. The maximum absolute atomic E-state index is 11.1. The van der Waals surface area contributed by atoms with E-state index in [1.165, 1.54) is 38.2 Å². The zero-order chi connectivity index (χ0) is 18.6. The molecule has 27 heavy (non-hydrogen) atoms. The van der Waals surface area contributed by atoms with Crippen molar-refractivity contribution in [3.05, 3.63) is 47.9 Å². The third-order valence-corrected chi connectivity index (χ3v) is 5.15. The number of piperidine rings is 1. The molecule has 4 rings (SSSR count). The largest absolute Gasteiger partial charge is 0.366 e. The molecule has 142 valence electrons. The zero-order valence-corrected chi connectivity index (χ0v) is 15.8. The first kappa shape index (κ1) is 17.9. The molecule has 2 heterocycles. The van der Waals surface area contributed by atoms with Crippen LogP contribution in [-0.2, 0) is 11.3 Å². The molecule has 1 unspecified atom stereocenters. The van der Waals surface area contributed by atoms with Crippen molar-refractivity contribution in [2.45, 2.75) is 51.1 Å². The molecule has 1 aliphatic carbocycles. The van der Waals surface area contributed by atoms with Gasteiger partial charge >= 0.3 is 0 Å². The van der Waals surface area contributed by atoms with E-state index in [0.717, 1.165) is 37.0 Å². The molecule has 1 atom stereocenters. The minimum absolute atomic E-state index is 0.0396. The predicted octanol–water partition coefficient (Wildman–Crippen LogP) is 3.39. The van der Waals surface area contributed by atoms with Crippen LogP contribution in [0, 0.1) is 0 Å². The lowest BCUT2D eigenvalue weighted by Gasteiger charge is -2.33. The van der Waals surface area contributed by atoms with Gasteiger partial charge in [0.2, 0.25) is 5.91 Å². The van der Waals surface area contributed by atoms with Crippen molar-refractivity contribution in [2.24, 2.45) is 0 Å². The predicted molar refractivity (Wildman–Crippen MR) is 107 cm³/mol. The summed E-state index contributed by atoms with van der Waals surface area (Å²) in [6.07, 6.45) is 6.67. The number of nitrogens with one attached hydrogen (secondary N) is 2. The van der Waals surface area contributed by atoms with Gasteiger partial charge in [-0.05, 0) is 56.0 Å². The Bertz CT molecular complexity index is 787. The second-order valence-corrected chi connectivity index (χ2v) is 7.67. The number of rotatable bonds is 6. The first-order chi connectivity index (χ1) is 13.2. The highest BCUT2D eigenvalue weighted by atomic mass is 16.1. The van der Waals surface area contributed by atoms with Crippen molar-refractivity contribution in [2.75, 3.05) is 23.7 Å². The van der Waals surface area contributed by atoms with Gasteiger partial charge in [0.05, 0.1) is 0 Å². The highest BCUT2D eigenvalue weighted by molar-refractivity contribution is 5.88. The van der Waals surface area contributed by atoms with Crippen LogP contribution in [0.25, 0.3) is 0 Å². The van der Waals surface area contributed by atoms with Crippen molar-refractivity contribution in [3.63, 3.8) is 0 Å². The Morgan fingerprint density at radius 3 is 2.74 bits per heavy atom. The Morgan fingerprint density at radius 2 is 2.00 bits per heavy atom. The Labute approximate surface area is 160 Å². The number of likely N-dealkylation sites (tertiary alicyclic amines) is 1. The van der Waals surface area contributed by atoms with Crippen LogP contribution in [-0.4, -0.2) is 39.9 Å². The quantitative estimate of drug-likeness (QED) is 0.821. The molecule has 2 fully saturated rings. The Hall–Kier alpha value is -2.47. The molecule has 0 spiro atoms. The zero-order valence-electron chi connectivity index (χ0n) is 15.8. The summed E-state index contributed by atoms with van der Waals surface area (Å²) in [5.74, 6) is 2.49. The van der Waals surface area contributed by atoms with E-state index in [4.69, 9.17) is 4.98 Å². The van der Waals surface area contributed by atoms with Crippen LogP contribution in [0.5, 0.6) is 0 Å². The van der Waals surface area contributed by atoms with Gasteiger partial charge in [-0.15, -0.1) is 0 Å². The van der Waals surface area contributed by atoms with Crippen LogP contribution < -0.4 is 10.6 Å². The van der Waals surface area contributed by atoms with Crippen LogP contribution >= 0.6 is 0 Å². The summed E-state index contributed by atoms with van der Waals surface area (Å²) in [6, 6.07) is 10.5. The van der Waals surface area contributed by atoms with E-state index in [2.05, 4.69) is 32.7 Å². The molecule has 1 aliphatic heterocycles. The minimum Gasteiger partial charge on any atom is -0.366 e. The number of hydrogen-bond donors (Lipinski definition) is 2. The number of hydrogen-bond acceptors (Lipinski definition) is 5. The summed E-state index contributed by atoms with van der Waals surface area (Å²) in [7, 11) is 0. The van der Waals surface area contributed by atoms with Crippen LogP contribution in [0.2, 0.25) is 0 Å². The monoisotopic (exact) mass is 365 g/mol. The van der Waals surface area contributed by atoms with E-state index >= 15 is 0 Å². The number of carbonyl (C=O) groups is 1. The molecule has 2 N–H and O–H groups in total. The third-order valence-electron chi connectivity index (χ3n) is 5.15. The average Bonchev–Trinajstić information content (AvgIpc) is 3.49. The molecule has 1 saturated heterocycles. The van der Waals surface area contributed by atoms with Gasteiger partial charge in [-0.2, -0.15) is 0 Å². The van der Waals surface area contributed by atoms with Gasteiger partial charge in [0, 0.05) is 43.9 Å². The summed E-state index contributed by atoms with van der Waals surface area (Å²) in [6.45, 7) is 4.58. The Morgan fingerprint density at radius 1 is 1.19 bits per heavy atom. The van der Waals surface area contributed by atoms with Crippen LogP contribution in [0.1, 0.15) is 49.9 Å². The van der Waals surface area contributed by atoms with Gasteiger partial charge in [-0.1, -0.05) is 12.1 Å². The smallest absolute Gasteiger partial charge is 0.221 e. The number of nitrogens with zero attached hydrogens (tertiary/aromatic N) is 3. The summed E-state index contributed by atoms with van der Waals surface area (Å²) >= 11 is 0. The highest BCUT2D eigenvalue weighted by Crippen LogP contribution is 2.38. The number of anilines is 2. The van der Waals surface area contributed by atoms with E-state index in [-0.39, 0.29) is 5.91 Å². The van der Waals surface area contributed by atoms with Gasteiger partial charge in [0.15, 0.2) is 0 Å². The van der Waals surface area contributed by atoms with Crippen LogP contribution in [0.15, 0.2) is 36.5 Å². The normalized spacial score (nSPS) is 20.3. The molecule has 1 aromatic heterocycles. The van der Waals surface area contributed by atoms with Gasteiger partial charge in [0.1, 0.15) is 11.6 Å². The van der Waals surface area contributed by atoms with Gasteiger partial charge in [-0.25, -0.2) is 9.97 Å². The Kier molecular flexibility index (Phi) is 5.34. The number of benzene rings is 1. The second kappa shape index (κ2) is 8.05. The molecule has 1 saturated carbocycles. The fraction of sp³-hybridized carbons (Fsp3) is 0.476. The van der Waals surface area contributed by atoms with E-state index in [0.29, 0.717) is 12.0 Å². The van der Waals surface area contributed by atoms with Crippen molar-refractivity contribution in [1.29, 1.82) is 0 Å². The van der Waals surface area contributed by atoms with Gasteiger partial charge in [-0.3, -0.25) is 9.69 Å². The fourth-order valence-corrected chi connectivity index (χ4v) is 3.67. The summed E-state index contributed by atoms with van der Waals surface area (Å²) in [5, 5.41) is 6.42. The highest BCUT2D eigenvalue weighted by Gasteiger charge is 2.27. The molecule has 1 aromatic carbocycles. The number of aromatic nitrogens is 2. The molecule has 2 aliphatic rings. The number of amides is 1. The van der Waals surface area contributed by atoms with Crippen molar-refractivity contribution < 1.29 is 4.79 Å². The Balaban J connectivity index is 1.32. The van der Waals surface area contributed by atoms with Crippen molar-refractivity contribution in [1.82, 2.24) is 14.9 Å². The molecule has 0 radical (unpaired) electrons. The lowest BCUT2D eigenvalue weighted by molar-refractivity contribution is -0.114. The molecule has 0 bridgehead atoms. The maximum atomic E-state index is 11.1. The first-order valence-corrected chi connectivity index (χ1v) is 9.84. The molecule has 1 amide bonds. The summed E-state index contributed by atoms with van der Waals surface area (Å²) < 4.78 is 0. The second-order valence-electron chi connectivity index (χ2n) is 7.67. The average molecular weight is 365 g/mol. The van der Waals surface area contributed by atoms with Gasteiger partial charge < -0.3 is 10.6 Å². The van der Waals surface area contributed by atoms with Crippen LogP contribution in [0.3, 0.4) is 0 Å². The topological polar surface area (TPSA) is 70.2 Å². The molecule has 6 nitrogen and oxygen atoms in total. The molecule has 2 aromatic rings. The van der Waals surface area contributed by atoms with E-state index in [9.17, 15) is 4.79 Å². The fourth-order valence-electron chi connectivity index (χ4n) is 3.67. The lowest BCUT2D eigenvalue weighted by atomic mass is 10.0. The van der Waals surface area contributed by atoms with E-state index in [1.807, 2.05) is 24.4 Å². The number of carbonyl (C=O) groups excluding carboxylic acids is 1. The standard InChI is InChI=1S/C21H27N5O/c1-15(27)23-18-8-4-16(5-9-18)13-26-12-2-3-19(14-26)24-20-10-11-22-21(25-20)17-6-7-17/h4-5,8-11,17,19H,2-3,6-7,12-14H2,1H3,(H,23,27)(H,22,24,25). The van der Waals surface area contributed by atoms with Crippen molar-refractivity contribution in [3.8, 4) is 0 Å². The summed E-state index contributed by atoms with van der Waals surface area (Å²) in [4.78, 5) is 22.7.